The molecule has 2 heteroatoms. The van der Waals surface area contributed by atoms with E-state index in [1.54, 1.807) is 0 Å². The van der Waals surface area contributed by atoms with Crippen LogP contribution in [0.3, 0.4) is 0 Å². The van der Waals surface area contributed by atoms with E-state index in [0.717, 1.165) is 11.4 Å². The first-order valence-electron chi connectivity index (χ1n) is 6.03. The van der Waals surface area contributed by atoms with Gasteiger partial charge in [-0.3, -0.25) is 0 Å². The van der Waals surface area contributed by atoms with Crippen LogP contribution < -0.4 is 5.73 Å². The Labute approximate surface area is 103 Å². The molecule has 0 aromatic heterocycles. The fourth-order valence-electron chi connectivity index (χ4n) is 2.75. The van der Waals surface area contributed by atoms with E-state index >= 15 is 0 Å². The molecule has 2 N–H and O–H groups in total. The minimum atomic E-state index is 0.139. The fraction of sp³-hybridized carbons (Fsp3) is 0.571. The highest BCUT2D eigenvalue weighted by Gasteiger charge is 2.34. The van der Waals surface area contributed by atoms with E-state index < -0.39 is 0 Å². The maximum atomic E-state index is 6.36. The van der Waals surface area contributed by atoms with Crippen LogP contribution in [0.1, 0.15) is 43.7 Å². The Morgan fingerprint density at radius 1 is 1.44 bits per heavy atom. The lowest BCUT2D eigenvalue weighted by Crippen LogP contribution is -2.33. The van der Waals surface area contributed by atoms with Gasteiger partial charge in [-0.2, -0.15) is 0 Å². The molecule has 0 spiro atoms. The highest BCUT2D eigenvalue weighted by atomic mass is 35.5. The number of halogens is 1. The summed E-state index contributed by atoms with van der Waals surface area (Å²) in [7, 11) is 0. The zero-order valence-corrected chi connectivity index (χ0v) is 10.8. The Balaban J connectivity index is 2.47. The van der Waals surface area contributed by atoms with Gasteiger partial charge in [0.05, 0.1) is 0 Å². The summed E-state index contributed by atoms with van der Waals surface area (Å²) in [6.07, 6.45) is 3.62. The molecule has 0 saturated heterocycles. The van der Waals surface area contributed by atoms with Crippen molar-refractivity contribution in [1.82, 2.24) is 0 Å². The SMILES string of the molecule is CC(C)(CN)C1CCCc2cccc(Cl)c21. The van der Waals surface area contributed by atoms with E-state index in [4.69, 9.17) is 17.3 Å². The maximum Gasteiger partial charge on any atom is 0.0443 e. The fourth-order valence-corrected chi connectivity index (χ4v) is 3.08. The molecule has 0 heterocycles. The second-order valence-electron chi connectivity index (χ2n) is 5.45. The largest absolute Gasteiger partial charge is 0.330 e. The lowest BCUT2D eigenvalue weighted by atomic mass is 9.68. The number of fused-ring (bicyclic) bond motifs is 1. The van der Waals surface area contributed by atoms with E-state index in [1.165, 1.54) is 24.0 Å². The van der Waals surface area contributed by atoms with Gasteiger partial charge in [-0.05, 0) is 54.3 Å². The lowest BCUT2D eigenvalue weighted by Gasteiger charge is -2.38. The Kier molecular flexibility index (Phi) is 3.27. The molecule has 1 aliphatic carbocycles. The Morgan fingerprint density at radius 3 is 2.88 bits per heavy atom. The molecule has 88 valence electrons. The van der Waals surface area contributed by atoms with Gasteiger partial charge in [0.1, 0.15) is 0 Å². The van der Waals surface area contributed by atoms with Crippen LogP contribution >= 0.6 is 11.6 Å². The van der Waals surface area contributed by atoms with Gasteiger partial charge >= 0.3 is 0 Å². The van der Waals surface area contributed by atoms with Gasteiger partial charge in [-0.1, -0.05) is 37.6 Å². The highest BCUT2D eigenvalue weighted by molar-refractivity contribution is 6.31. The van der Waals surface area contributed by atoms with Gasteiger partial charge in [0.25, 0.3) is 0 Å². The monoisotopic (exact) mass is 237 g/mol. The van der Waals surface area contributed by atoms with Crippen LogP contribution in [0, 0.1) is 5.41 Å². The van der Waals surface area contributed by atoms with Crippen LogP contribution in [0.2, 0.25) is 5.02 Å². The zero-order chi connectivity index (χ0) is 11.8. The molecular weight excluding hydrogens is 218 g/mol. The quantitative estimate of drug-likeness (QED) is 0.833. The molecule has 0 saturated carbocycles. The molecule has 0 fully saturated rings. The Hall–Kier alpha value is -0.530. The molecule has 1 aromatic carbocycles. The summed E-state index contributed by atoms with van der Waals surface area (Å²) >= 11 is 6.36. The van der Waals surface area contributed by atoms with Gasteiger partial charge in [0.2, 0.25) is 0 Å². The van der Waals surface area contributed by atoms with E-state index in [-0.39, 0.29) is 5.41 Å². The second-order valence-corrected chi connectivity index (χ2v) is 5.86. The molecule has 16 heavy (non-hydrogen) atoms. The molecule has 0 amide bonds. The Bertz CT molecular complexity index is 384. The molecule has 2 rings (SSSR count). The predicted molar refractivity (Wildman–Crippen MR) is 70.0 cm³/mol. The van der Waals surface area contributed by atoms with Crippen molar-refractivity contribution >= 4 is 11.6 Å². The van der Waals surface area contributed by atoms with Gasteiger partial charge < -0.3 is 5.73 Å². The lowest BCUT2D eigenvalue weighted by molar-refractivity contribution is 0.269. The van der Waals surface area contributed by atoms with Crippen molar-refractivity contribution in [3.05, 3.63) is 34.3 Å². The molecular formula is C14H20ClN. The molecule has 0 bridgehead atoms. The average molecular weight is 238 g/mol. The Morgan fingerprint density at radius 2 is 2.19 bits per heavy atom. The molecule has 1 aliphatic rings. The minimum Gasteiger partial charge on any atom is -0.330 e. The van der Waals surface area contributed by atoms with E-state index in [1.807, 2.05) is 6.07 Å². The van der Waals surface area contributed by atoms with Gasteiger partial charge in [-0.15, -0.1) is 0 Å². The normalized spacial score (nSPS) is 20.6. The third-order valence-corrected chi connectivity index (χ3v) is 4.23. The number of hydrogen-bond donors (Lipinski definition) is 1. The van der Waals surface area contributed by atoms with Crippen LogP contribution in [0.25, 0.3) is 0 Å². The topological polar surface area (TPSA) is 26.0 Å². The summed E-state index contributed by atoms with van der Waals surface area (Å²) in [5, 5.41) is 0.920. The van der Waals surface area contributed by atoms with Gasteiger partial charge in [0.15, 0.2) is 0 Å². The number of nitrogens with two attached hydrogens (primary N) is 1. The summed E-state index contributed by atoms with van der Waals surface area (Å²) in [6.45, 7) is 5.20. The summed E-state index contributed by atoms with van der Waals surface area (Å²) in [6, 6.07) is 6.27. The molecule has 0 aliphatic heterocycles. The van der Waals surface area contributed by atoms with Gasteiger partial charge in [-0.25, -0.2) is 0 Å². The third kappa shape index (κ3) is 1.99. The maximum absolute atomic E-state index is 6.36. The first-order valence-corrected chi connectivity index (χ1v) is 6.41. The average Bonchev–Trinajstić information content (AvgIpc) is 2.29. The summed E-state index contributed by atoms with van der Waals surface area (Å²) in [4.78, 5) is 0. The van der Waals surface area contributed by atoms with Crippen LogP contribution in [-0.2, 0) is 6.42 Å². The van der Waals surface area contributed by atoms with E-state index in [2.05, 4.69) is 26.0 Å². The summed E-state index contributed by atoms with van der Waals surface area (Å²) in [5.41, 5.74) is 8.81. The van der Waals surface area contributed by atoms with Crippen LogP contribution in [0.4, 0.5) is 0 Å². The first-order chi connectivity index (χ1) is 7.56. The van der Waals surface area contributed by atoms with Crippen LogP contribution in [-0.4, -0.2) is 6.54 Å². The predicted octanol–water partition coefficient (Wildman–Crippen LogP) is 3.74. The van der Waals surface area contributed by atoms with Crippen molar-refractivity contribution in [2.75, 3.05) is 6.54 Å². The second kappa shape index (κ2) is 4.38. The third-order valence-electron chi connectivity index (χ3n) is 3.90. The minimum absolute atomic E-state index is 0.139. The number of rotatable bonds is 2. The van der Waals surface area contributed by atoms with Crippen molar-refractivity contribution in [2.45, 2.75) is 39.0 Å². The smallest absolute Gasteiger partial charge is 0.0443 e. The van der Waals surface area contributed by atoms with Crippen LogP contribution in [0.15, 0.2) is 18.2 Å². The molecule has 1 nitrogen and oxygen atoms in total. The van der Waals surface area contributed by atoms with Crippen molar-refractivity contribution < 1.29 is 0 Å². The number of benzene rings is 1. The van der Waals surface area contributed by atoms with Gasteiger partial charge in [0, 0.05) is 5.02 Å². The standard InChI is InChI=1S/C14H20ClN/c1-14(2,9-16)11-7-3-5-10-6-4-8-12(15)13(10)11/h4,6,8,11H,3,5,7,9,16H2,1-2H3. The number of aryl methyl sites for hydroxylation is 1. The van der Waals surface area contributed by atoms with E-state index in [0.29, 0.717) is 12.5 Å². The van der Waals surface area contributed by atoms with Crippen molar-refractivity contribution in [3.8, 4) is 0 Å². The van der Waals surface area contributed by atoms with Crippen LogP contribution in [0.5, 0.6) is 0 Å². The van der Waals surface area contributed by atoms with E-state index in [9.17, 15) is 0 Å². The molecule has 0 radical (unpaired) electrons. The summed E-state index contributed by atoms with van der Waals surface area (Å²) in [5.74, 6) is 0.509. The van der Waals surface area contributed by atoms with Crippen molar-refractivity contribution in [1.29, 1.82) is 0 Å². The van der Waals surface area contributed by atoms with Crippen molar-refractivity contribution in [2.24, 2.45) is 11.1 Å². The molecule has 1 unspecified atom stereocenters. The highest BCUT2D eigenvalue weighted by Crippen LogP contribution is 2.45. The zero-order valence-electron chi connectivity index (χ0n) is 10.1. The molecule has 1 atom stereocenters. The van der Waals surface area contributed by atoms with Crippen molar-refractivity contribution in [3.63, 3.8) is 0 Å². The molecule has 1 aromatic rings. The summed E-state index contributed by atoms with van der Waals surface area (Å²) < 4.78 is 0. The number of hydrogen-bond acceptors (Lipinski definition) is 1. The first kappa shape index (κ1) is 11.9.